The normalized spacial score (nSPS) is 13.0. The number of nitrogens with one attached hydrogen (secondary N) is 1. The molecule has 1 aromatic rings. The van der Waals surface area contributed by atoms with E-state index in [1.165, 1.54) is 12.1 Å². The van der Waals surface area contributed by atoms with Crippen LogP contribution in [0.3, 0.4) is 0 Å². The molecule has 0 bridgehead atoms. The fourth-order valence-corrected chi connectivity index (χ4v) is 0.837. The second kappa shape index (κ2) is 3.46. The van der Waals surface area contributed by atoms with Crippen molar-refractivity contribution in [3.05, 3.63) is 35.6 Å². The van der Waals surface area contributed by atoms with E-state index in [1.807, 2.05) is 0 Å². The first-order chi connectivity index (χ1) is 5.24. The summed E-state index contributed by atoms with van der Waals surface area (Å²) in [5, 5.41) is 2.86. The van der Waals surface area contributed by atoms with E-state index in [9.17, 15) is 4.39 Å². The van der Waals surface area contributed by atoms with Crippen LogP contribution in [-0.2, 0) is 0 Å². The monoisotopic (exact) mass is 154 g/mol. The number of hydrogen-bond donors (Lipinski definition) is 2. The third kappa shape index (κ3) is 2.00. The molecule has 3 heteroatoms. The van der Waals surface area contributed by atoms with Gasteiger partial charge in [0.15, 0.2) is 0 Å². The van der Waals surface area contributed by atoms with Gasteiger partial charge in [-0.05, 0) is 24.7 Å². The smallest absolute Gasteiger partial charge is 0.123 e. The zero-order valence-corrected chi connectivity index (χ0v) is 6.34. The number of rotatable bonds is 2. The van der Waals surface area contributed by atoms with Crippen LogP contribution in [0.25, 0.3) is 0 Å². The van der Waals surface area contributed by atoms with Gasteiger partial charge in [-0.3, -0.25) is 0 Å². The van der Waals surface area contributed by atoms with Crippen LogP contribution in [0, 0.1) is 5.82 Å². The summed E-state index contributed by atoms with van der Waals surface area (Å²) in [5.74, 6) is -0.239. The largest absolute Gasteiger partial charge is 0.312 e. The summed E-state index contributed by atoms with van der Waals surface area (Å²) in [6, 6.07) is 6.12. The van der Waals surface area contributed by atoms with E-state index in [1.54, 1.807) is 19.2 Å². The molecule has 60 valence electrons. The maximum absolute atomic E-state index is 12.4. The highest BCUT2D eigenvalue weighted by Gasteiger charge is 2.00. The molecule has 0 spiro atoms. The van der Waals surface area contributed by atoms with Crippen LogP contribution in [0.4, 0.5) is 4.39 Å². The SMILES string of the molecule is CNC(N)c1ccc(F)cc1. The Bertz CT molecular complexity index is 220. The Morgan fingerprint density at radius 3 is 2.36 bits per heavy atom. The van der Waals surface area contributed by atoms with Crippen LogP contribution in [0.15, 0.2) is 24.3 Å². The summed E-state index contributed by atoms with van der Waals surface area (Å²) in [6.45, 7) is 0. The van der Waals surface area contributed by atoms with Gasteiger partial charge in [0.25, 0.3) is 0 Å². The number of hydrogen-bond acceptors (Lipinski definition) is 2. The van der Waals surface area contributed by atoms with Gasteiger partial charge in [0, 0.05) is 0 Å². The van der Waals surface area contributed by atoms with Gasteiger partial charge < -0.3 is 11.1 Å². The Kier molecular flexibility index (Phi) is 2.57. The lowest BCUT2D eigenvalue weighted by atomic mass is 10.2. The highest BCUT2D eigenvalue weighted by Crippen LogP contribution is 2.07. The van der Waals surface area contributed by atoms with Gasteiger partial charge in [0.2, 0.25) is 0 Å². The van der Waals surface area contributed by atoms with Crippen molar-refractivity contribution in [3.63, 3.8) is 0 Å². The van der Waals surface area contributed by atoms with E-state index in [2.05, 4.69) is 5.32 Å². The van der Waals surface area contributed by atoms with Crippen molar-refractivity contribution in [3.8, 4) is 0 Å². The summed E-state index contributed by atoms with van der Waals surface area (Å²) in [6.07, 6.45) is -0.212. The van der Waals surface area contributed by atoms with Gasteiger partial charge in [-0.15, -0.1) is 0 Å². The Hall–Kier alpha value is -0.930. The summed E-state index contributed by atoms with van der Waals surface area (Å²) >= 11 is 0. The molecule has 0 amide bonds. The van der Waals surface area contributed by atoms with Crippen LogP contribution in [0.5, 0.6) is 0 Å². The van der Waals surface area contributed by atoms with Crippen LogP contribution < -0.4 is 11.1 Å². The molecule has 0 radical (unpaired) electrons. The van der Waals surface area contributed by atoms with E-state index in [4.69, 9.17) is 5.73 Å². The van der Waals surface area contributed by atoms with Crippen molar-refractivity contribution in [2.45, 2.75) is 6.17 Å². The molecule has 0 aliphatic heterocycles. The summed E-state index contributed by atoms with van der Waals surface area (Å²) in [4.78, 5) is 0. The van der Waals surface area contributed by atoms with E-state index in [-0.39, 0.29) is 12.0 Å². The van der Waals surface area contributed by atoms with Gasteiger partial charge in [-0.2, -0.15) is 0 Å². The topological polar surface area (TPSA) is 38.0 Å². The van der Waals surface area contributed by atoms with Crippen LogP contribution >= 0.6 is 0 Å². The quantitative estimate of drug-likeness (QED) is 0.624. The molecule has 0 saturated carbocycles. The molecule has 0 heterocycles. The molecule has 0 aliphatic rings. The highest BCUT2D eigenvalue weighted by atomic mass is 19.1. The third-order valence-electron chi connectivity index (χ3n) is 1.54. The predicted octanol–water partition coefficient (Wildman–Crippen LogP) is 1.00. The fourth-order valence-electron chi connectivity index (χ4n) is 0.837. The molecule has 2 nitrogen and oxygen atoms in total. The summed E-state index contributed by atoms with van der Waals surface area (Å²) in [5.41, 5.74) is 6.49. The van der Waals surface area contributed by atoms with Gasteiger partial charge in [-0.25, -0.2) is 4.39 Å². The molecule has 1 aromatic carbocycles. The molecule has 11 heavy (non-hydrogen) atoms. The van der Waals surface area contributed by atoms with Crippen LogP contribution in [0.2, 0.25) is 0 Å². The van der Waals surface area contributed by atoms with E-state index in [0.717, 1.165) is 5.56 Å². The van der Waals surface area contributed by atoms with Crippen molar-refractivity contribution < 1.29 is 4.39 Å². The Morgan fingerprint density at radius 1 is 1.36 bits per heavy atom. The Morgan fingerprint density at radius 2 is 1.91 bits per heavy atom. The Labute approximate surface area is 65.2 Å². The first kappa shape index (κ1) is 8.17. The van der Waals surface area contributed by atoms with E-state index < -0.39 is 0 Å². The molecule has 1 rings (SSSR count). The third-order valence-corrected chi connectivity index (χ3v) is 1.54. The molecule has 1 atom stereocenters. The van der Waals surface area contributed by atoms with Crippen LogP contribution in [0.1, 0.15) is 11.7 Å². The average Bonchev–Trinajstić information content (AvgIpc) is 2.05. The van der Waals surface area contributed by atoms with Crippen molar-refractivity contribution in [1.29, 1.82) is 0 Å². The van der Waals surface area contributed by atoms with Gasteiger partial charge in [0.05, 0.1) is 6.17 Å². The minimum atomic E-state index is -0.239. The lowest BCUT2D eigenvalue weighted by Gasteiger charge is -2.09. The van der Waals surface area contributed by atoms with Gasteiger partial charge >= 0.3 is 0 Å². The zero-order chi connectivity index (χ0) is 8.27. The first-order valence-corrected chi connectivity index (χ1v) is 3.42. The predicted molar refractivity (Wildman–Crippen MR) is 42.4 cm³/mol. The number of benzene rings is 1. The summed E-state index contributed by atoms with van der Waals surface area (Å²) in [7, 11) is 1.76. The van der Waals surface area contributed by atoms with Gasteiger partial charge in [0.1, 0.15) is 5.82 Å². The van der Waals surface area contributed by atoms with E-state index in [0.29, 0.717) is 0 Å². The first-order valence-electron chi connectivity index (χ1n) is 3.42. The fraction of sp³-hybridized carbons (Fsp3) is 0.250. The highest BCUT2D eigenvalue weighted by molar-refractivity contribution is 5.18. The number of halogens is 1. The maximum atomic E-state index is 12.4. The lowest BCUT2D eigenvalue weighted by Crippen LogP contribution is -2.24. The van der Waals surface area contributed by atoms with Gasteiger partial charge in [-0.1, -0.05) is 12.1 Å². The standard InChI is InChI=1S/C8H11FN2/c1-11-8(10)6-2-4-7(9)5-3-6/h2-5,8,11H,10H2,1H3. The van der Waals surface area contributed by atoms with Crippen molar-refractivity contribution in [1.82, 2.24) is 5.32 Å². The minimum Gasteiger partial charge on any atom is -0.312 e. The second-order valence-electron chi connectivity index (χ2n) is 2.32. The molecule has 0 fully saturated rings. The van der Waals surface area contributed by atoms with Crippen molar-refractivity contribution in [2.24, 2.45) is 5.73 Å². The zero-order valence-electron chi connectivity index (χ0n) is 6.34. The molecular weight excluding hydrogens is 143 g/mol. The Balaban J connectivity index is 2.81. The number of nitrogens with two attached hydrogens (primary N) is 1. The molecular formula is C8H11FN2. The lowest BCUT2D eigenvalue weighted by molar-refractivity contribution is 0.608. The van der Waals surface area contributed by atoms with E-state index >= 15 is 0 Å². The van der Waals surface area contributed by atoms with Crippen LogP contribution in [-0.4, -0.2) is 7.05 Å². The molecule has 1 unspecified atom stereocenters. The molecule has 3 N–H and O–H groups in total. The average molecular weight is 154 g/mol. The van der Waals surface area contributed by atoms with Crippen molar-refractivity contribution in [2.75, 3.05) is 7.05 Å². The second-order valence-corrected chi connectivity index (χ2v) is 2.32. The molecule has 0 saturated heterocycles. The summed E-state index contributed by atoms with van der Waals surface area (Å²) < 4.78 is 12.4. The molecule has 0 aromatic heterocycles. The molecule has 0 aliphatic carbocycles. The van der Waals surface area contributed by atoms with Crippen molar-refractivity contribution >= 4 is 0 Å². The minimum absolute atomic E-state index is 0.212. The maximum Gasteiger partial charge on any atom is 0.123 e.